The van der Waals surface area contributed by atoms with Crippen LogP contribution in [0.1, 0.15) is 18.6 Å². The molecular weight excluding hydrogens is 208 g/mol. The van der Waals surface area contributed by atoms with E-state index in [-0.39, 0.29) is 19.7 Å². The van der Waals surface area contributed by atoms with Crippen molar-refractivity contribution in [2.75, 3.05) is 19.0 Å². The van der Waals surface area contributed by atoms with Crippen molar-refractivity contribution in [1.29, 1.82) is 0 Å². The van der Waals surface area contributed by atoms with Crippen LogP contribution >= 0.6 is 0 Å². The third-order valence-corrected chi connectivity index (χ3v) is 2.25. The zero-order chi connectivity index (χ0) is 11.6. The molecule has 0 aliphatic rings. The normalized spacial score (nSPS) is 9.50. The molecule has 0 spiro atoms. The number of benzene rings is 1. The van der Waals surface area contributed by atoms with Crippen molar-refractivity contribution in [2.45, 2.75) is 21.0 Å². The van der Waals surface area contributed by atoms with Gasteiger partial charge in [-0.2, -0.15) is 0 Å². The number of nitro benzene ring substituents is 1. The first kappa shape index (κ1) is 14.4. The summed E-state index contributed by atoms with van der Waals surface area (Å²) in [4.78, 5) is 12.1. The van der Waals surface area contributed by atoms with Gasteiger partial charge >= 0.3 is 0 Å². The van der Waals surface area contributed by atoms with Gasteiger partial charge in [0.1, 0.15) is 0 Å². The van der Waals surface area contributed by atoms with E-state index in [2.05, 4.69) is 0 Å². The van der Waals surface area contributed by atoms with E-state index < -0.39 is 4.92 Å². The number of rotatable bonds is 3. The highest BCUT2D eigenvalue weighted by atomic mass is 16.6. The lowest BCUT2D eigenvalue weighted by molar-refractivity contribution is -0.385. The molecular formula is C11H18N2O3. The summed E-state index contributed by atoms with van der Waals surface area (Å²) < 4.78 is 0. The molecule has 0 saturated carbocycles. The molecule has 0 atom stereocenters. The van der Waals surface area contributed by atoms with E-state index >= 15 is 0 Å². The van der Waals surface area contributed by atoms with Crippen LogP contribution in [0.3, 0.4) is 0 Å². The van der Waals surface area contributed by atoms with Gasteiger partial charge in [0.2, 0.25) is 0 Å². The van der Waals surface area contributed by atoms with Crippen molar-refractivity contribution in [2.24, 2.45) is 0 Å². The van der Waals surface area contributed by atoms with Crippen LogP contribution < -0.4 is 4.90 Å². The molecule has 1 N–H and O–H groups in total. The van der Waals surface area contributed by atoms with E-state index in [1.54, 1.807) is 13.0 Å². The number of nitro groups is 1. The van der Waals surface area contributed by atoms with Crippen molar-refractivity contribution in [3.8, 4) is 0 Å². The van der Waals surface area contributed by atoms with Crippen LogP contribution in [-0.4, -0.2) is 24.1 Å². The topological polar surface area (TPSA) is 66.6 Å². The second kappa shape index (κ2) is 5.46. The number of hydrogen-bond acceptors (Lipinski definition) is 4. The Morgan fingerprint density at radius 2 is 2.00 bits per heavy atom. The van der Waals surface area contributed by atoms with Crippen molar-refractivity contribution in [1.82, 2.24) is 0 Å². The molecule has 0 aliphatic carbocycles. The van der Waals surface area contributed by atoms with E-state index in [0.717, 1.165) is 5.69 Å². The van der Waals surface area contributed by atoms with Gasteiger partial charge in [0, 0.05) is 37.0 Å². The minimum absolute atomic E-state index is 0. The molecule has 1 aromatic carbocycles. The lowest BCUT2D eigenvalue weighted by Crippen LogP contribution is -2.12. The van der Waals surface area contributed by atoms with Crippen molar-refractivity contribution in [3.05, 3.63) is 33.4 Å². The molecule has 90 valence electrons. The standard InChI is InChI=1S/C10H14N2O3.CH4/c1-7-4-10(11(2)3)8(6-13)5-9(7)12(14)15;/h4-5,13H,6H2,1-3H3;1H4. The van der Waals surface area contributed by atoms with Crippen LogP contribution in [-0.2, 0) is 6.61 Å². The SMILES string of the molecule is C.Cc1cc(N(C)C)c(CO)cc1[N+](=O)[O-]. The Bertz CT molecular complexity index is 389. The zero-order valence-corrected chi connectivity index (χ0v) is 9.02. The van der Waals surface area contributed by atoms with Crippen molar-refractivity contribution < 1.29 is 10.0 Å². The average molecular weight is 226 g/mol. The first-order valence-electron chi connectivity index (χ1n) is 4.53. The monoisotopic (exact) mass is 226 g/mol. The molecule has 0 bridgehead atoms. The van der Waals surface area contributed by atoms with Crippen molar-refractivity contribution >= 4 is 11.4 Å². The molecule has 0 aromatic heterocycles. The number of aliphatic hydroxyl groups is 1. The Hall–Kier alpha value is -1.62. The molecule has 0 unspecified atom stereocenters. The Balaban J connectivity index is 0.00000225. The molecule has 16 heavy (non-hydrogen) atoms. The summed E-state index contributed by atoms with van der Waals surface area (Å²) in [5.41, 5.74) is 2.02. The highest BCUT2D eigenvalue weighted by Crippen LogP contribution is 2.28. The summed E-state index contributed by atoms with van der Waals surface area (Å²) in [5, 5.41) is 19.8. The Kier molecular flexibility index (Phi) is 4.91. The maximum Gasteiger partial charge on any atom is 0.272 e. The Morgan fingerprint density at radius 3 is 2.38 bits per heavy atom. The largest absolute Gasteiger partial charge is 0.392 e. The summed E-state index contributed by atoms with van der Waals surface area (Å²) in [5.74, 6) is 0. The average Bonchev–Trinajstić information content (AvgIpc) is 2.16. The molecule has 5 heteroatoms. The van der Waals surface area contributed by atoms with Crippen LogP contribution in [0.25, 0.3) is 0 Å². The van der Waals surface area contributed by atoms with Crippen LogP contribution in [0.5, 0.6) is 0 Å². The summed E-state index contributed by atoms with van der Waals surface area (Å²) in [6.07, 6.45) is 0. The van der Waals surface area contributed by atoms with Crippen LogP contribution in [0.4, 0.5) is 11.4 Å². The lowest BCUT2D eigenvalue weighted by atomic mass is 10.1. The quantitative estimate of drug-likeness (QED) is 0.633. The van der Waals surface area contributed by atoms with E-state index in [1.165, 1.54) is 6.07 Å². The second-order valence-corrected chi connectivity index (χ2v) is 3.58. The lowest BCUT2D eigenvalue weighted by Gasteiger charge is -2.17. The fourth-order valence-corrected chi connectivity index (χ4v) is 1.46. The predicted octanol–water partition coefficient (Wildman–Crippen LogP) is 2.10. The fourth-order valence-electron chi connectivity index (χ4n) is 1.46. The fraction of sp³-hybridized carbons (Fsp3) is 0.455. The zero-order valence-electron chi connectivity index (χ0n) is 9.02. The van der Waals surface area contributed by atoms with Gasteiger partial charge in [-0.25, -0.2) is 0 Å². The summed E-state index contributed by atoms with van der Waals surface area (Å²) in [6, 6.07) is 3.13. The Morgan fingerprint density at radius 1 is 1.44 bits per heavy atom. The molecule has 1 aromatic rings. The van der Waals surface area contributed by atoms with Gasteiger partial charge in [-0.15, -0.1) is 0 Å². The van der Waals surface area contributed by atoms with Gasteiger partial charge in [0.15, 0.2) is 0 Å². The van der Waals surface area contributed by atoms with Crippen LogP contribution in [0, 0.1) is 17.0 Å². The third kappa shape index (κ3) is 2.70. The molecule has 0 amide bonds. The molecule has 0 radical (unpaired) electrons. The van der Waals surface area contributed by atoms with Crippen molar-refractivity contribution in [3.63, 3.8) is 0 Å². The molecule has 0 saturated heterocycles. The highest BCUT2D eigenvalue weighted by Gasteiger charge is 2.15. The summed E-state index contributed by atoms with van der Waals surface area (Å²) >= 11 is 0. The number of aryl methyl sites for hydroxylation is 1. The Labute approximate surface area is 95.5 Å². The maximum absolute atomic E-state index is 10.7. The minimum atomic E-state index is -0.437. The minimum Gasteiger partial charge on any atom is -0.392 e. The van der Waals surface area contributed by atoms with E-state index in [9.17, 15) is 10.1 Å². The second-order valence-electron chi connectivity index (χ2n) is 3.58. The van der Waals surface area contributed by atoms with E-state index in [4.69, 9.17) is 5.11 Å². The van der Waals surface area contributed by atoms with Crippen LogP contribution in [0.15, 0.2) is 12.1 Å². The van der Waals surface area contributed by atoms with E-state index in [0.29, 0.717) is 11.1 Å². The number of anilines is 1. The highest BCUT2D eigenvalue weighted by molar-refractivity contribution is 5.60. The smallest absolute Gasteiger partial charge is 0.272 e. The van der Waals surface area contributed by atoms with Gasteiger partial charge in [-0.3, -0.25) is 10.1 Å². The molecule has 0 fully saturated rings. The molecule has 5 nitrogen and oxygen atoms in total. The molecule has 0 heterocycles. The first-order chi connectivity index (χ1) is 6.97. The summed E-state index contributed by atoms with van der Waals surface area (Å²) in [6.45, 7) is 1.49. The van der Waals surface area contributed by atoms with Gasteiger partial charge in [-0.1, -0.05) is 7.43 Å². The van der Waals surface area contributed by atoms with Crippen LogP contribution in [0.2, 0.25) is 0 Å². The third-order valence-electron chi connectivity index (χ3n) is 2.25. The van der Waals surface area contributed by atoms with Gasteiger partial charge < -0.3 is 10.0 Å². The van der Waals surface area contributed by atoms with Gasteiger partial charge in [-0.05, 0) is 13.0 Å². The molecule has 0 aliphatic heterocycles. The first-order valence-corrected chi connectivity index (χ1v) is 4.53. The predicted molar refractivity (Wildman–Crippen MR) is 64.8 cm³/mol. The van der Waals surface area contributed by atoms with Gasteiger partial charge in [0.05, 0.1) is 11.5 Å². The van der Waals surface area contributed by atoms with Gasteiger partial charge in [0.25, 0.3) is 5.69 Å². The maximum atomic E-state index is 10.7. The number of aliphatic hydroxyl groups excluding tert-OH is 1. The summed E-state index contributed by atoms with van der Waals surface area (Å²) in [7, 11) is 3.67. The van der Waals surface area contributed by atoms with E-state index in [1.807, 2.05) is 19.0 Å². The molecule has 1 rings (SSSR count). The number of hydrogen-bond donors (Lipinski definition) is 1. The number of nitrogens with zero attached hydrogens (tertiary/aromatic N) is 2.